The first-order valence-electron chi connectivity index (χ1n) is 5.33. The van der Waals surface area contributed by atoms with Gasteiger partial charge in [0.25, 0.3) is 0 Å². The molecule has 4 nitrogen and oxygen atoms in total. The molecule has 1 fully saturated rings. The molecule has 1 aliphatic rings. The van der Waals surface area contributed by atoms with Crippen LogP contribution < -0.4 is 0 Å². The van der Waals surface area contributed by atoms with Crippen molar-refractivity contribution in [3.05, 3.63) is 0 Å². The van der Waals surface area contributed by atoms with Gasteiger partial charge in [-0.3, -0.25) is 0 Å². The van der Waals surface area contributed by atoms with Crippen LogP contribution in [0, 0.1) is 17.2 Å². The van der Waals surface area contributed by atoms with Gasteiger partial charge in [0.05, 0.1) is 6.07 Å². The Balaban J connectivity index is 2.59. The van der Waals surface area contributed by atoms with Crippen LogP contribution in [0.25, 0.3) is 0 Å². The lowest BCUT2D eigenvalue weighted by atomic mass is 10.1. The summed E-state index contributed by atoms with van der Waals surface area (Å²) in [5, 5.41) is 7.68. The van der Waals surface area contributed by atoms with Crippen molar-refractivity contribution in [3.8, 4) is 6.07 Å². The fourth-order valence-corrected chi connectivity index (χ4v) is 3.09. The van der Waals surface area contributed by atoms with Crippen LogP contribution in [-0.4, -0.2) is 31.6 Å². The second kappa shape index (κ2) is 4.95. The Hall–Kier alpha value is -0.600. The molecule has 1 rings (SSSR count). The second-order valence-electron chi connectivity index (χ2n) is 4.25. The average Bonchev–Trinajstić information content (AvgIpc) is 2.68. The molecule has 0 aromatic rings. The summed E-state index contributed by atoms with van der Waals surface area (Å²) in [5.41, 5.74) is 0. The SMILES string of the molecule is CC(C#N)S(=O)(=O)N(C)CC1CCCC1. The summed E-state index contributed by atoms with van der Waals surface area (Å²) in [6.07, 6.45) is 4.63. The molecule has 1 aliphatic carbocycles. The summed E-state index contributed by atoms with van der Waals surface area (Å²) in [7, 11) is -1.83. The van der Waals surface area contributed by atoms with E-state index in [2.05, 4.69) is 0 Å². The van der Waals surface area contributed by atoms with Gasteiger partial charge in [-0.15, -0.1) is 0 Å². The molecule has 0 aliphatic heterocycles. The van der Waals surface area contributed by atoms with Crippen LogP contribution in [0.3, 0.4) is 0 Å². The lowest BCUT2D eigenvalue weighted by Gasteiger charge is -2.21. The summed E-state index contributed by atoms with van der Waals surface area (Å²) < 4.78 is 24.8. The monoisotopic (exact) mass is 230 g/mol. The molecule has 0 radical (unpaired) electrons. The van der Waals surface area contributed by atoms with E-state index in [1.165, 1.54) is 24.1 Å². The van der Waals surface area contributed by atoms with Crippen molar-refractivity contribution in [3.63, 3.8) is 0 Å². The van der Waals surface area contributed by atoms with Crippen LogP contribution in [0.5, 0.6) is 0 Å². The molecule has 0 bridgehead atoms. The Bertz CT molecular complexity index is 339. The molecule has 0 heterocycles. The molecule has 1 saturated carbocycles. The smallest absolute Gasteiger partial charge is 0.211 e. The quantitative estimate of drug-likeness (QED) is 0.732. The van der Waals surface area contributed by atoms with E-state index in [1.807, 2.05) is 0 Å². The van der Waals surface area contributed by atoms with E-state index in [1.54, 1.807) is 13.1 Å². The molecule has 0 saturated heterocycles. The minimum atomic E-state index is -3.40. The number of hydrogen-bond acceptors (Lipinski definition) is 3. The number of hydrogen-bond donors (Lipinski definition) is 0. The first-order valence-corrected chi connectivity index (χ1v) is 6.83. The average molecular weight is 230 g/mol. The summed E-state index contributed by atoms with van der Waals surface area (Å²) in [6, 6.07) is 1.78. The molecule has 15 heavy (non-hydrogen) atoms. The predicted octanol–water partition coefficient (Wildman–Crippen LogP) is 1.35. The van der Waals surface area contributed by atoms with Gasteiger partial charge in [0.1, 0.15) is 0 Å². The van der Waals surface area contributed by atoms with Crippen LogP contribution in [0.1, 0.15) is 32.6 Å². The topological polar surface area (TPSA) is 61.2 Å². The molecular formula is C10H18N2O2S. The van der Waals surface area contributed by atoms with Gasteiger partial charge in [-0.05, 0) is 25.7 Å². The second-order valence-corrected chi connectivity index (χ2v) is 6.61. The summed E-state index contributed by atoms with van der Waals surface area (Å²) in [6.45, 7) is 1.99. The molecular weight excluding hydrogens is 212 g/mol. The van der Waals surface area contributed by atoms with Crippen molar-refractivity contribution >= 4 is 10.0 Å². The molecule has 1 atom stereocenters. The van der Waals surface area contributed by atoms with Crippen molar-refractivity contribution in [2.45, 2.75) is 37.9 Å². The van der Waals surface area contributed by atoms with E-state index in [-0.39, 0.29) is 0 Å². The van der Waals surface area contributed by atoms with E-state index in [0.29, 0.717) is 12.5 Å². The Labute approximate surface area is 91.9 Å². The lowest BCUT2D eigenvalue weighted by Crippen LogP contribution is -2.36. The van der Waals surface area contributed by atoms with E-state index < -0.39 is 15.3 Å². The maximum absolute atomic E-state index is 11.8. The van der Waals surface area contributed by atoms with Crippen molar-refractivity contribution in [1.82, 2.24) is 4.31 Å². The minimum Gasteiger partial charge on any atom is -0.211 e. The lowest BCUT2D eigenvalue weighted by molar-refractivity contribution is 0.385. The molecule has 0 N–H and O–H groups in total. The minimum absolute atomic E-state index is 0.482. The number of sulfonamides is 1. The van der Waals surface area contributed by atoms with Gasteiger partial charge in [0.15, 0.2) is 5.25 Å². The van der Waals surface area contributed by atoms with E-state index in [9.17, 15) is 8.42 Å². The van der Waals surface area contributed by atoms with Gasteiger partial charge in [-0.2, -0.15) is 5.26 Å². The third-order valence-corrected chi connectivity index (χ3v) is 5.07. The molecule has 1 unspecified atom stereocenters. The fraction of sp³-hybridized carbons (Fsp3) is 0.900. The van der Waals surface area contributed by atoms with Gasteiger partial charge in [0.2, 0.25) is 10.0 Å². The molecule has 0 aromatic heterocycles. The van der Waals surface area contributed by atoms with Crippen molar-refractivity contribution in [2.75, 3.05) is 13.6 Å². The zero-order valence-electron chi connectivity index (χ0n) is 9.31. The Morgan fingerprint density at radius 2 is 2.00 bits per heavy atom. The van der Waals surface area contributed by atoms with E-state index >= 15 is 0 Å². The van der Waals surface area contributed by atoms with Crippen molar-refractivity contribution in [2.24, 2.45) is 5.92 Å². The third-order valence-electron chi connectivity index (χ3n) is 3.05. The first kappa shape index (κ1) is 12.5. The Kier molecular flexibility index (Phi) is 4.12. The standard InChI is InChI=1S/C10H18N2O2S/c1-9(7-11)15(13,14)12(2)8-10-5-3-4-6-10/h9-10H,3-6,8H2,1-2H3. The van der Waals surface area contributed by atoms with Crippen molar-refractivity contribution < 1.29 is 8.42 Å². The normalized spacial score (nSPS) is 20.4. The highest BCUT2D eigenvalue weighted by Gasteiger charge is 2.28. The van der Waals surface area contributed by atoms with Gasteiger partial charge < -0.3 is 0 Å². The zero-order chi connectivity index (χ0) is 11.5. The van der Waals surface area contributed by atoms with Crippen LogP contribution in [0.15, 0.2) is 0 Å². The number of nitrogens with zero attached hydrogens (tertiary/aromatic N) is 2. The molecule has 86 valence electrons. The van der Waals surface area contributed by atoms with Gasteiger partial charge in [-0.1, -0.05) is 12.8 Å². The molecule has 5 heteroatoms. The summed E-state index contributed by atoms with van der Waals surface area (Å²) in [5.74, 6) is 0.482. The fourth-order valence-electron chi connectivity index (χ4n) is 2.00. The van der Waals surface area contributed by atoms with Crippen LogP contribution >= 0.6 is 0 Å². The van der Waals surface area contributed by atoms with Gasteiger partial charge in [-0.25, -0.2) is 12.7 Å². The van der Waals surface area contributed by atoms with Crippen molar-refractivity contribution in [1.29, 1.82) is 5.26 Å². The van der Waals surface area contributed by atoms with Crippen LogP contribution in [0.4, 0.5) is 0 Å². The molecule has 0 amide bonds. The Morgan fingerprint density at radius 1 is 1.47 bits per heavy atom. The highest BCUT2D eigenvalue weighted by molar-refractivity contribution is 7.89. The van der Waals surface area contributed by atoms with E-state index in [4.69, 9.17) is 5.26 Å². The molecule has 0 aromatic carbocycles. The largest absolute Gasteiger partial charge is 0.229 e. The Morgan fingerprint density at radius 3 is 2.47 bits per heavy atom. The number of nitriles is 1. The first-order chi connectivity index (χ1) is 6.98. The highest BCUT2D eigenvalue weighted by Crippen LogP contribution is 2.26. The van der Waals surface area contributed by atoms with Crippen LogP contribution in [-0.2, 0) is 10.0 Å². The number of rotatable bonds is 4. The summed E-state index contributed by atoms with van der Waals surface area (Å²) >= 11 is 0. The maximum Gasteiger partial charge on any atom is 0.229 e. The predicted molar refractivity (Wildman–Crippen MR) is 58.6 cm³/mol. The third kappa shape index (κ3) is 2.93. The molecule has 0 spiro atoms. The zero-order valence-corrected chi connectivity index (χ0v) is 10.1. The summed E-state index contributed by atoms with van der Waals surface area (Å²) in [4.78, 5) is 0. The van der Waals surface area contributed by atoms with Gasteiger partial charge >= 0.3 is 0 Å². The maximum atomic E-state index is 11.8. The highest BCUT2D eigenvalue weighted by atomic mass is 32.2. The van der Waals surface area contributed by atoms with E-state index in [0.717, 1.165) is 12.8 Å². The van der Waals surface area contributed by atoms with Crippen LogP contribution in [0.2, 0.25) is 0 Å². The van der Waals surface area contributed by atoms with Gasteiger partial charge in [0, 0.05) is 13.6 Å².